The summed E-state index contributed by atoms with van der Waals surface area (Å²) in [5.41, 5.74) is 14.0. The Morgan fingerprint density at radius 2 is 1.96 bits per heavy atom. The van der Waals surface area contributed by atoms with Gasteiger partial charge in [0.2, 0.25) is 5.95 Å². The average molecular weight is 403 g/mol. The number of hydrogen-bond acceptors (Lipinski definition) is 6. The van der Waals surface area contributed by atoms with E-state index >= 15 is 0 Å². The highest BCUT2D eigenvalue weighted by Crippen LogP contribution is 2.41. The van der Waals surface area contributed by atoms with Gasteiger partial charge in [-0.2, -0.15) is 4.98 Å². The molecule has 1 fully saturated rings. The van der Waals surface area contributed by atoms with Gasteiger partial charge in [-0.15, -0.1) is 0 Å². The van der Waals surface area contributed by atoms with Gasteiger partial charge in [-0.05, 0) is 37.5 Å². The quantitative estimate of drug-likeness (QED) is 0.692. The van der Waals surface area contributed by atoms with Crippen molar-refractivity contribution in [2.75, 3.05) is 23.7 Å². The summed E-state index contributed by atoms with van der Waals surface area (Å²) in [4.78, 5) is 15.4. The van der Waals surface area contributed by atoms with Crippen LogP contribution >= 0.6 is 23.2 Å². The van der Waals surface area contributed by atoms with Crippen molar-refractivity contribution in [2.45, 2.75) is 19.4 Å². The number of pyridine rings is 1. The minimum absolute atomic E-state index is 0.126. The van der Waals surface area contributed by atoms with Crippen molar-refractivity contribution in [1.82, 2.24) is 15.0 Å². The molecule has 4 N–H and O–H groups in total. The van der Waals surface area contributed by atoms with Gasteiger partial charge in [0, 0.05) is 41.8 Å². The van der Waals surface area contributed by atoms with Crippen molar-refractivity contribution >= 4 is 46.0 Å². The molecule has 0 saturated carbocycles. The lowest BCUT2D eigenvalue weighted by Gasteiger charge is -2.23. The molecule has 0 aliphatic carbocycles. The van der Waals surface area contributed by atoms with E-state index in [1.165, 1.54) is 0 Å². The van der Waals surface area contributed by atoms with E-state index in [2.05, 4.69) is 14.9 Å². The fourth-order valence-corrected chi connectivity index (χ4v) is 4.16. The van der Waals surface area contributed by atoms with Crippen LogP contribution in [0.25, 0.3) is 22.2 Å². The van der Waals surface area contributed by atoms with Crippen LogP contribution < -0.4 is 16.4 Å². The molecule has 2 aromatic heterocycles. The zero-order valence-corrected chi connectivity index (χ0v) is 16.4. The molecule has 2 atom stereocenters. The third kappa shape index (κ3) is 3.40. The Kier molecular flexibility index (Phi) is 4.80. The summed E-state index contributed by atoms with van der Waals surface area (Å²) in [6.07, 6.45) is 2.68. The van der Waals surface area contributed by atoms with Crippen molar-refractivity contribution < 1.29 is 0 Å². The number of halogens is 2. The van der Waals surface area contributed by atoms with E-state index < -0.39 is 0 Å². The number of fused-ring (bicyclic) bond motifs is 1. The third-order valence-corrected chi connectivity index (χ3v) is 5.70. The lowest BCUT2D eigenvalue weighted by molar-refractivity contribution is 0.488. The summed E-state index contributed by atoms with van der Waals surface area (Å²) in [5.74, 6) is 1.39. The van der Waals surface area contributed by atoms with Crippen LogP contribution in [0.3, 0.4) is 0 Å². The van der Waals surface area contributed by atoms with E-state index in [1.807, 2.05) is 31.2 Å². The Labute approximate surface area is 167 Å². The van der Waals surface area contributed by atoms with Crippen LogP contribution in [0.5, 0.6) is 0 Å². The highest BCUT2D eigenvalue weighted by molar-refractivity contribution is 6.39. The fraction of sp³-hybridized carbons (Fsp3) is 0.316. The van der Waals surface area contributed by atoms with Gasteiger partial charge in [0.25, 0.3) is 0 Å². The molecule has 3 heterocycles. The van der Waals surface area contributed by atoms with E-state index in [-0.39, 0.29) is 12.0 Å². The maximum Gasteiger partial charge on any atom is 0.222 e. The van der Waals surface area contributed by atoms with E-state index in [9.17, 15) is 0 Å². The Morgan fingerprint density at radius 1 is 1.22 bits per heavy atom. The van der Waals surface area contributed by atoms with Gasteiger partial charge in [-0.3, -0.25) is 0 Å². The van der Waals surface area contributed by atoms with Crippen molar-refractivity contribution in [3.8, 4) is 11.1 Å². The summed E-state index contributed by atoms with van der Waals surface area (Å²) in [6, 6.07) is 7.58. The van der Waals surface area contributed by atoms with Gasteiger partial charge >= 0.3 is 0 Å². The first-order valence-electron chi connectivity index (χ1n) is 8.82. The van der Waals surface area contributed by atoms with Crippen molar-refractivity contribution in [2.24, 2.45) is 11.7 Å². The number of rotatable bonds is 3. The molecular weight excluding hydrogens is 383 g/mol. The smallest absolute Gasteiger partial charge is 0.222 e. The number of nitrogen functional groups attached to an aromatic ring is 1. The first-order valence-corrected chi connectivity index (χ1v) is 9.58. The normalized spacial score (nSPS) is 18.2. The zero-order chi connectivity index (χ0) is 19.1. The molecule has 0 bridgehead atoms. The number of benzene rings is 1. The summed E-state index contributed by atoms with van der Waals surface area (Å²) < 4.78 is 0. The van der Waals surface area contributed by atoms with Gasteiger partial charge in [-0.1, -0.05) is 29.3 Å². The molecule has 3 aromatic rings. The van der Waals surface area contributed by atoms with E-state index in [1.54, 1.807) is 6.20 Å². The Balaban J connectivity index is 1.92. The zero-order valence-electron chi connectivity index (χ0n) is 14.9. The van der Waals surface area contributed by atoms with Crippen LogP contribution in [-0.4, -0.2) is 34.1 Å². The lowest BCUT2D eigenvalue weighted by Crippen LogP contribution is -2.30. The Bertz CT molecular complexity index is 987. The molecule has 140 valence electrons. The van der Waals surface area contributed by atoms with Gasteiger partial charge in [-0.25, -0.2) is 9.97 Å². The molecule has 1 aliphatic rings. The summed E-state index contributed by atoms with van der Waals surface area (Å²) in [6.45, 7) is 3.73. The topological polar surface area (TPSA) is 94.0 Å². The maximum absolute atomic E-state index is 6.50. The molecule has 6 nitrogen and oxygen atoms in total. The monoisotopic (exact) mass is 402 g/mol. The number of aromatic nitrogens is 3. The van der Waals surface area contributed by atoms with E-state index in [0.717, 1.165) is 41.8 Å². The molecule has 1 aliphatic heterocycles. The van der Waals surface area contributed by atoms with Crippen LogP contribution in [0.4, 0.5) is 11.8 Å². The first kappa shape index (κ1) is 18.2. The number of hydrogen-bond donors (Lipinski definition) is 2. The predicted molar refractivity (Wildman–Crippen MR) is 111 cm³/mol. The van der Waals surface area contributed by atoms with Crippen molar-refractivity contribution in [3.05, 3.63) is 40.5 Å². The summed E-state index contributed by atoms with van der Waals surface area (Å²) in [5, 5.41) is 1.93. The second kappa shape index (κ2) is 7.11. The highest BCUT2D eigenvalue weighted by atomic mass is 35.5. The molecular formula is C19H20Cl2N6. The fourth-order valence-electron chi connectivity index (χ4n) is 3.56. The minimum Gasteiger partial charge on any atom is -0.368 e. The lowest BCUT2D eigenvalue weighted by atomic mass is 10.0. The summed E-state index contributed by atoms with van der Waals surface area (Å²) >= 11 is 13.0. The van der Waals surface area contributed by atoms with Gasteiger partial charge in [0.1, 0.15) is 5.82 Å². The Hall–Kier alpha value is -2.15. The molecule has 8 heteroatoms. The SMILES string of the molecule is CC(N)C1CCN(c2nc3nc(N)ncc3cc2-c2c(Cl)cccc2Cl)C1. The van der Waals surface area contributed by atoms with Crippen LogP contribution in [0.2, 0.25) is 10.0 Å². The standard InChI is InChI=1S/C19H20Cl2N6/c1-10(22)11-5-6-27(9-11)18-13(16-14(20)3-2-4-15(16)21)7-12-8-24-19(23)26-17(12)25-18/h2-4,7-8,10-11H,5-6,9,22H2,1H3,(H2,23,24,25,26). The predicted octanol–water partition coefficient (Wildman–Crippen LogP) is 3.75. The molecule has 27 heavy (non-hydrogen) atoms. The van der Waals surface area contributed by atoms with Crippen LogP contribution in [0.1, 0.15) is 13.3 Å². The molecule has 4 rings (SSSR count). The largest absolute Gasteiger partial charge is 0.368 e. The van der Waals surface area contributed by atoms with Gasteiger partial charge < -0.3 is 16.4 Å². The second-order valence-corrected chi connectivity index (χ2v) is 7.77. The molecule has 0 radical (unpaired) electrons. The number of nitrogens with zero attached hydrogens (tertiary/aromatic N) is 4. The van der Waals surface area contributed by atoms with Crippen molar-refractivity contribution in [1.29, 1.82) is 0 Å². The minimum atomic E-state index is 0.126. The average Bonchev–Trinajstić information content (AvgIpc) is 3.11. The number of anilines is 2. The van der Waals surface area contributed by atoms with Gasteiger partial charge in [0.15, 0.2) is 5.65 Å². The first-order chi connectivity index (χ1) is 12.9. The molecule has 2 unspecified atom stereocenters. The third-order valence-electron chi connectivity index (χ3n) is 5.07. The molecule has 1 saturated heterocycles. The summed E-state index contributed by atoms with van der Waals surface area (Å²) in [7, 11) is 0. The Morgan fingerprint density at radius 3 is 2.63 bits per heavy atom. The van der Waals surface area contributed by atoms with Crippen molar-refractivity contribution in [3.63, 3.8) is 0 Å². The number of nitrogens with two attached hydrogens (primary N) is 2. The van der Waals surface area contributed by atoms with E-state index in [4.69, 9.17) is 39.7 Å². The van der Waals surface area contributed by atoms with Crippen LogP contribution in [0.15, 0.2) is 30.5 Å². The molecule has 0 amide bonds. The van der Waals surface area contributed by atoms with Crippen LogP contribution in [0, 0.1) is 5.92 Å². The second-order valence-electron chi connectivity index (χ2n) is 6.95. The maximum atomic E-state index is 6.50. The van der Waals surface area contributed by atoms with Gasteiger partial charge in [0.05, 0.1) is 10.0 Å². The molecule has 0 spiro atoms. The highest BCUT2D eigenvalue weighted by Gasteiger charge is 2.29. The molecule has 1 aromatic carbocycles. The van der Waals surface area contributed by atoms with Crippen LogP contribution in [-0.2, 0) is 0 Å². The van der Waals surface area contributed by atoms with E-state index in [0.29, 0.717) is 21.6 Å².